The number of hydrogen-bond donors (Lipinski definition) is 0. The summed E-state index contributed by atoms with van der Waals surface area (Å²) in [5, 5.41) is 1.03. The minimum Gasteiger partial charge on any atom is -0.490 e. The van der Waals surface area contributed by atoms with Gasteiger partial charge in [0.15, 0.2) is 0 Å². The second-order valence-corrected chi connectivity index (χ2v) is 7.55. The molecule has 2 aromatic carbocycles. The molecule has 0 unspecified atom stereocenters. The smallest absolute Gasteiger partial charge is 0.330 e. The maximum absolute atomic E-state index is 11.9. The molecule has 0 radical (unpaired) electrons. The molecule has 0 saturated heterocycles. The Balaban J connectivity index is 1.47. The number of ether oxygens (including phenoxy) is 2. The topological polar surface area (TPSA) is 48.4 Å². The van der Waals surface area contributed by atoms with Crippen LogP contribution < -0.4 is 4.74 Å². The molecule has 1 aromatic heterocycles. The highest BCUT2D eigenvalue weighted by Crippen LogP contribution is 2.24. The predicted octanol–water partition coefficient (Wildman–Crippen LogP) is 5.17. The number of aromatic nitrogens is 1. The van der Waals surface area contributed by atoms with Gasteiger partial charge in [0.25, 0.3) is 0 Å². The largest absolute Gasteiger partial charge is 0.490 e. The molecule has 0 aliphatic carbocycles. The van der Waals surface area contributed by atoms with Crippen LogP contribution in [0.3, 0.4) is 0 Å². The molecule has 4 nitrogen and oxygen atoms in total. The maximum Gasteiger partial charge on any atom is 0.330 e. The molecular weight excluding hydrogens is 350 g/mol. The van der Waals surface area contributed by atoms with Crippen molar-refractivity contribution in [2.24, 2.45) is 0 Å². The molecule has 4 heteroatoms. The molecule has 0 aliphatic rings. The maximum atomic E-state index is 11.9. The first-order valence-electron chi connectivity index (χ1n) is 9.35. The summed E-state index contributed by atoms with van der Waals surface area (Å²) in [5.74, 6) is 0.362. The summed E-state index contributed by atoms with van der Waals surface area (Å²) in [6.45, 7) is 7.01. The Morgan fingerprint density at radius 3 is 2.50 bits per heavy atom. The molecule has 3 aromatic rings. The van der Waals surface area contributed by atoms with Gasteiger partial charge in [0.05, 0.1) is 5.52 Å². The van der Waals surface area contributed by atoms with Crippen LogP contribution in [0.2, 0.25) is 0 Å². The Bertz CT molecular complexity index is 964. The lowest BCUT2D eigenvalue weighted by Crippen LogP contribution is -2.12. The van der Waals surface area contributed by atoms with Gasteiger partial charge in [-0.25, -0.2) is 4.79 Å². The summed E-state index contributed by atoms with van der Waals surface area (Å²) in [7, 11) is 0. The van der Waals surface area contributed by atoms with E-state index in [9.17, 15) is 4.79 Å². The van der Waals surface area contributed by atoms with Crippen LogP contribution in [0.1, 0.15) is 31.9 Å². The fraction of sp³-hybridized carbons (Fsp3) is 0.250. The first-order valence-corrected chi connectivity index (χ1v) is 9.35. The average Bonchev–Trinajstić information content (AvgIpc) is 2.69. The summed E-state index contributed by atoms with van der Waals surface area (Å²) in [4.78, 5) is 16.3. The molecule has 0 aliphatic heterocycles. The van der Waals surface area contributed by atoms with Gasteiger partial charge < -0.3 is 9.47 Å². The Morgan fingerprint density at radius 1 is 1.00 bits per heavy atom. The van der Waals surface area contributed by atoms with Crippen LogP contribution in [-0.4, -0.2) is 24.2 Å². The number of nitrogens with zero attached hydrogens (tertiary/aromatic N) is 1. The van der Waals surface area contributed by atoms with Gasteiger partial charge in [-0.2, -0.15) is 0 Å². The highest BCUT2D eigenvalue weighted by Gasteiger charge is 2.12. The second-order valence-electron chi connectivity index (χ2n) is 7.55. The van der Waals surface area contributed by atoms with Crippen LogP contribution in [0.15, 0.2) is 66.9 Å². The van der Waals surface area contributed by atoms with Crippen LogP contribution in [0, 0.1) is 0 Å². The fourth-order valence-electron chi connectivity index (χ4n) is 2.82. The van der Waals surface area contributed by atoms with E-state index in [4.69, 9.17) is 9.47 Å². The van der Waals surface area contributed by atoms with Crippen LogP contribution >= 0.6 is 0 Å². The standard InChI is InChI=1S/C24H25NO3/c1-24(2,3)20-10-12-21(13-11-20)27-16-17-28-22(26)14-9-19-7-4-6-18-8-5-15-25-23(18)19/h4-15H,16-17H2,1-3H3/b14-9+. The lowest BCUT2D eigenvalue weighted by molar-refractivity contribution is -0.138. The van der Waals surface area contributed by atoms with Crippen molar-refractivity contribution in [2.45, 2.75) is 26.2 Å². The number of para-hydroxylation sites is 1. The molecule has 0 bridgehead atoms. The third kappa shape index (κ3) is 5.19. The van der Waals surface area contributed by atoms with E-state index in [0.29, 0.717) is 6.61 Å². The van der Waals surface area contributed by atoms with Gasteiger partial charge in [0.2, 0.25) is 0 Å². The van der Waals surface area contributed by atoms with Gasteiger partial charge >= 0.3 is 5.97 Å². The molecule has 1 heterocycles. The van der Waals surface area contributed by atoms with Crippen molar-refractivity contribution >= 4 is 22.9 Å². The zero-order valence-electron chi connectivity index (χ0n) is 16.5. The number of hydrogen-bond acceptors (Lipinski definition) is 4. The zero-order chi connectivity index (χ0) is 20.0. The highest BCUT2D eigenvalue weighted by molar-refractivity contribution is 5.92. The van der Waals surface area contributed by atoms with Crippen LogP contribution in [0.5, 0.6) is 5.75 Å². The van der Waals surface area contributed by atoms with Crippen molar-refractivity contribution in [2.75, 3.05) is 13.2 Å². The highest BCUT2D eigenvalue weighted by atomic mass is 16.6. The Hall–Kier alpha value is -3.14. The monoisotopic (exact) mass is 375 g/mol. The predicted molar refractivity (Wildman–Crippen MR) is 112 cm³/mol. The SMILES string of the molecule is CC(C)(C)c1ccc(OCCOC(=O)/C=C/c2cccc3cccnc23)cc1. The number of carbonyl (C=O) groups excluding carboxylic acids is 1. The van der Waals surface area contributed by atoms with Crippen molar-refractivity contribution in [3.63, 3.8) is 0 Å². The van der Waals surface area contributed by atoms with E-state index < -0.39 is 5.97 Å². The second kappa shape index (κ2) is 8.70. The number of carbonyl (C=O) groups is 1. The van der Waals surface area contributed by atoms with Crippen molar-refractivity contribution in [3.8, 4) is 5.75 Å². The van der Waals surface area contributed by atoms with Gasteiger partial charge in [0.1, 0.15) is 19.0 Å². The summed E-state index contributed by atoms with van der Waals surface area (Å²) >= 11 is 0. The van der Waals surface area contributed by atoms with E-state index in [1.165, 1.54) is 11.6 Å². The summed E-state index contributed by atoms with van der Waals surface area (Å²) in [6, 6.07) is 17.7. The molecule has 0 fully saturated rings. The van der Waals surface area contributed by atoms with E-state index >= 15 is 0 Å². The first-order chi connectivity index (χ1) is 13.4. The van der Waals surface area contributed by atoms with E-state index in [0.717, 1.165) is 22.2 Å². The molecule has 0 spiro atoms. The quantitative estimate of drug-likeness (QED) is 0.339. The molecule has 0 N–H and O–H groups in total. The van der Waals surface area contributed by atoms with Crippen molar-refractivity contribution in [1.29, 1.82) is 0 Å². The van der Waals surface area contributed by atoms with Gasteiger partial charge in [-0.15, -0.1) is 0 Å². The Morgan fingerprint density at radius 2 is 1.75 bits per heavy atom. The Labute approximate surface area is 165 Å². The average molecular weight is 375 g/mol. The van der Waals surface area contributed by atoms with Crippen molar-refractivity contribution < 1.29 is 14.3 Å². The molecule has 3 rings (SSSR count). The van der Waals surface area contributed by atoms with E-state index in [-0.39, 0.29) is 12.0 Å². The van der Waals surface area contributed by atoms with Gasteiger partial charge in [-0.05, 0) is 35.3 Å². The van der Waals surface area contributed by atoms with E-state index in [1.807, 2.05) is 42.5 Å². The van der Waals surface area contributed by atoms with Crippen LogP contribution in [0.25, 0.3) is 17.0 Å². The number of benzene rings is 2. The molecule has 144 valence electrons. The first kappa shape index (κ1) is 19.6. The summed E-state index contributed by atoms with van der Waals surface area (Å²) < 4.78 is 10.8. The van der Waals surface area contributed by atoms with Crippen LogP contribution in [0.4, 0.5) is 0 Å². The number of rotatable bonds is 6. The van der Waals surface area contributed by atoms with E-state index in [1.54, 1.807) is 12.3 Å². The molecule has 0 atom stereocenters. The Kier molecular flexibility index (Phi) is 6.09. The van der Waals surface area contributed by atoms with Gasteiger partial charge in [-0.1, -0.05) is 57.2 Å². The van der Waals surface area contributed by atoms with Crippen LogP contribution in [-0.2, 0) is 14.9 Å². The normalized spacial score (nSPS) is 11.7. The minimum absolute atomic E-state index is 0.111. The van der Waals surface area contributed by atoms with Crippen molar-refractivity contribution in [1.82, 2.24) is 4.98 Å². The number of esters is 1. The molecular formula is C24H25NO3. The summed E-state index contributed by atoms with van der Waals surface area (Å²) in [5.41, 5.74) is 3.10. The summed E-state index contributed by atoms with van der Waals surface area (Å²) in [6.07, 6.45) is 4.88. The van der Waals surface area contributed by atoms with Gasteiger partial charge in [0, 0.05) is 23.2 Å². The molecule has 28 heavy (non-hydrogen) atoms. The third-order valence-electron chi connectivity index (χ3n) is 4.38. The zero-order valence-corrected chi connectivity index (χ0v) is 16.5. The minimum atomic E-state index is -0.403. The molecule has 0 saturated carbocycles. The van der Waals surface area contributed by atoms with E-state index in [2.05, 4.69) is 37.9 Å². The lowest BCUT2D eigenvalue weighted by Gasteiger charge is -2.19. The third-order valence-corrected chi connectivity index (χ3v) is 4.38. The molecule has 0 amide bonds. The fourth-order valence-corrected chi connectivity index (χ4v) is 2.82. The lowest BCUT2D eigenvalue weighted by atomic mass is 9.87. The van der Waals surface area contributed by atoms with Gasteiger partial charge in [-0.3, -0.25) is 4.98 Å². The number of fused-ring (bicyclic) bond motifs is 1. The van der Waals surface area contributed by atoms with Crippen molar-refractivity contribution in [3.05, 3.63) is 78.0 Å². The number of pyridine rings is 1.